The molecule has 0 aliphatic rings. The highest BCUT2D eigenvalue weighted by Gasteiger charge is 2.27. The Morgan fingerprint density at radius 2 is 1.76 bits per heavy atom. The molecule has 0 bridgehead atoms. The number of carbonyl (C=O) groups excluding carboxylic acids is 2. The van der Waals surface area contributed by atoms with Crippen molar-refractivity contribution >= 4 is 27.5 Å². The molecule has 2 aromatic rings. The highest BCUT2D eigenvalue weighted by atomic mass is 32.2. The molecule has 2 aromatic carbocycles. The van der Waals surface area contributed by atoms with Crippen molar-refractivity contribution in [2.75, 3.05) is 24.2 Å². The summed E-state index contributed by atoms with van der Waals surface area (Å²) < 4.78 is 31.9. The first-order valence-corrected chi connectivity index (χ1v) is 14.5. The van der Waals surface area contributed by atoms with E-state index in [0.717, 1.165) is 23.1 Å². The van der Waals surface area contributed by atoms with Crippen LogP contribution in [0.15, 0.2) is 42.5 Å². The first-order chi connectivity index (χ1) is 17.4. The van der Waals surface area contributed by atoms with Gasteiger partial charge in [0, 0.05) is 25.6 Å². The number of methoxy groups -OCH3 is 1. The standard InChI is InChI=1S/C28H41N3O5S/c1-8-21(3)29-28(33)23(5)30(19-24-13-10-14-25(18-24)36-6)27(32)16-11-17-31(37(7,34)35)26-15-9-12-20(2)22(26)4/h9-10,12-15,18,21,23H,8,11,16-17,19H2,1-7H3,(H,29,33)/t21-,23-/m0/s1. The number of hydrogen-bond acceptors (Lipinski definition) is 5. The summed E-state index contributed by atoms with van der Waals surface area (Å²) in [6.45, 7) is 9.85. The largest absolute Gasteiger partial charge is 0.497 e. The SMILES string of the molecule is CC[C@H](C)NC(=O)[C@H](C)N(Cc1cccc(OC)c1)C(=O)CCCN(c1cccc(C)c1C)S(C)(=O)=O. The number of hydrogen-bond donors (Lipinski definition) is 1. The van der Waals surface area contributed by atoms with Crippen LogP contribution in [0.1, 0.15) is 56.7 Å². The van der Waals surface area contributed by atoms with Gasteiger partial charge in [-0.15, -0.1) is 0 Å². The number of nitrogens with zero attached hydrogens (tertiary/aromatic N) is 2. The molecule has 0 heterocycles. The van der Waals surface area contributed by atoms with Crippen LogP contribution in [0, 0.1) is 13.8 Å². The lowest BCUT2D eigenvalue weighted by Gasteiger charge is -2.30. The van der Waals surface area contributed by atoms with E-state index in [4.69, 9.17) is 4.74 Å². The van der Waals surface area contributed by atoms with Crippen molar-refractivity contribution in [1.82, 2.24) is 10.2 Å². The van der Waals surface area contributed by atoms with E-state index in [1.54, 1.807) is 25.0 Å². The predicted octanol–water partition coefficient (Wildman–Crippen LogP) is 4.19. The van der Waals surface area contributed by atoms with E-state index in [2.05, 4.69) is 5.32 Å². The zero-order chi connectivity index (χ0) is 27.8. The maximum atomic E-state index is 13.4. The third-order valence-electron chi connectivity index (χ3n) is 6.65. The van der Waals surface area contributed by atoms with Gasteiger partial charge in [0.15, 0.2) is 0 Å². The molecule has 37 heavy (non-hydrogen) atoms. The fraction of sp³-hybridized carbons (Fsp3) is 0.500. The van der Waals surface area contributed by atoms with Crippen molar-refractivity contribution in [1.29, 1.82) is 0 Å². The average molecular weight is 532 g/mol. The molecule has 0 aromatic heterocycles. The van der Waals surface area contributed by atoms with Gasteiger partial charge in [0.1, 0.15) is 11.8 Å². The van der Waals surface area contributed by atoms with Gasteiger partial charge in [-0.05, 0) is 75.4 Å². The third kappa shape index (κ3) is 8.49. The van der Waals surface area contributed by atoms with Gasteiger partial charge in [-0.1, -0.05) is 31.2 Å². The fourth-order valence-electron chi connectivity index (χ4n) is 4.00. The maximum Gasteiger partial charge on any atom is 0.242 e. The quantitative estimate of drug-likeness (QED) is 0.418. The lowest BCUT2D eigenvalue weighted by molar-refractivity contribution is -0.140. The normalized spacial score (nSPS) is 12.9. The summed E-state index contributed by atoms with van der Waals surface area (Å²) in [5, 5.41) is 2.96. The second kappa shape index (κ2) is 13.5. The molecular formula is C28H41N3O5S. The molecule has 2 atom stereocenters. The Bertz CT molecular complexity index is 1180. The monoisotopic (exact) mass is 531 g/mol. The van der Waals surface area contributed by atoms with Crippen LogP contribution < -0.4 is 14.4 Å². The molecule has 0 radical (unpaired) electrons. The second-order valence-corrected chi connectivity index (χ2v) is 11.4. The van der Waals surface area contributed by atoms with Crippen LogP contribution in [0.25, 0.3) is 0 Å². The summed E-state index contributed by atoms with van der Waals surface area (Å²) in [7, 11) is -1.97. The predicted molar refractivity (Wildman–Crippen MR) is 148 cm³/mol. The molecular weight excluding hydrogens is 490 g/mol. The summed E-state index contributed by atoms with van der Waals surface area (Å²) >= 11 is 0. The van der Waals surface area contributed by atoms with Gasteiger partial charge >= 0.3 is 0 Å². The van der Waals surface area contributed by atoms with Crippen molar-refractivity contribution in [3.8, 4) is 5.75 Å². The van der Waals surface area contributed by atoms with Gasteiger partial charge in [-0.25, -0.2) is 8.42 Å². The van der Waals surface area contributed by atoms with Crippen LogP contribution in [0.2, 0.25) is 0 Å². The summed E-state index contributed by atoms with van der Waals surface area (Å²) in [6, 6.07) is 12.2. The Kier molecular flexibility index (Phi) is 11.0. The fourth-order valence-corrected chi connectivity index (χ4v) is 5.02. The number of benzene rings is 2. The number of carbonyl (C=O) groups is 2. The summed E-state index contributed by atoms with van der Waals surface area (Å²) in [5.74, 6) is 0.224. The molecule has 9 heteroatoms. The number of rotatable bonds is 13. The zero-order valence-corrected chi connectivity index (χ0v) is 23.9. The number of sulfonamides is 1. The van der Waals surface area contributed by atoms with Gasteiger partial charge in [-0.3, -0.25) is 13.9 Å². The van der Waals surface area contributed by atoms with Crippen LogP contribution in [0.4, 0.5) is 5.69 Å². The number of ether oxygens (including phenoxy) is 1. The van der Waals surface area contributed by atoms with Crippen LogP contribution in [0.5, 0.6) is 5.75 Å². The molecule has 0 aliphatic carbocycles. The molecule has 0 spiro atoms. The maximum absolute atomic E-state index is 13.4. The molecule has 8 nitrogen and oxygen atoms in total. The molecule has 1 N–H and O–H groups in total. The lowest BCUT2D eigenvalue weighted by Crippen LogP contribution is -2.49. The summed E-state index contributed by atoms with van der Waals surface area (Å²) in [4.78, 5) is 27.9. The molecule has 0 saturated carbocycles. The van der Waals surface area contributed by atoms with Crippen molar-refractivity contribution < 1.29 is 22.7 Å². The zero-order valence-electron chi connectivity index (χ0n) is 23.1. The van der Waals surface area contributed by atoms with E-state index in [0.29, 0.717) is 17.9 Å². The van der Waals surface area contributed by atoms with Crippen molar-refractivity contribution in [3.63, 3.8) is 0 Å². The average Bonchev–Trinajstić information content (AvgIpc) is 2.85. The lowest BCUT2D eigenvalue weighted by atomic mass is 10.1. The molecule has 0 saturated heterocycles. The van der Waals surface area contributed by atoms with Crippen LogP contribution in [0.3, 0.4) is 0 Å². The smallest absolute Gasteiger partial charge is 0.242 e. The van der Waals surface area contributed by atoms with Gasteiger partial charge in [0.25, 0.3) is 0 Å². The van der Waals surface area contributed by atoms with E-state index in [9.17, 15) is 18.0 Å². The Morgan fingerprint density at radius 1 is 1.08 bits per heavy atom. The number of amides is 2. The molecule has 204 valence electrons. The third-order valence-corrected chi connectivity index (χ3v) is 7.83. The Hall–Kier alpha value is -3.07. The van der Waals surface area contributed by atoms with Crippen molar-refractivity contribution in [2.24, 2.45) is 0 Å². The van der Waals surface area contributed by atoms with E-state index >= 15 is 0 Å². The molecule has 0 aliphatic heterocycles. The van der Waals surface area contributed by atoms with Crippen molar-refractivity contribution in [3.05, 3.63) is 59.2 Å². The minimum atomic E-state index is -3.55. The van der Waals surface area contributed by atoms with Gasteiger partial charge in [0.05, 0.1) is 19.1 Å². The van der Waals surface area contributed by atoms with Crippen molar-refractivity contribution in [2.45, 2.75) is 72.5 Å². The first-order valence-electron chi connectivity index (χ1n) is 12.7. The van der Waals surface area contributed by atoms with E-state index in [1.165, 1.54) is 10.6 Å². The van der Waals surface area contributed by atoms with Gasteiger partial charge < -0.3 is 15.0 Å². The minimum Gasteiger partial charge on any atom is -0.497 e. The van der Waals surface area contributed by atoms with Gasteiger partial charge in [-0.2, -0.15) is 0 Å². The summed E-state index contributed by atoms with van der Waals surface area (Å²) in [6.07, 6.45) is 2.37. The first kappa shape index (κ1) is 30.2. The second-order valence-electron chi connectivity index (χ2n) is 9.52. The molecule has 0 unspecified atom stereocenters. The molecule has 2 rings (SSSR count). The highest BCUT2D eigenvalue weighted by molar-refractivity contribution is 7.92. The van der Waals surface area contributed by atoms with Crippen LogP contribution in [-0.4, -0.2) is 57.1 Å². The Labute approximate surface area is 222 Å². The Balaban J connectivity index is 2.23. The molecule has 0 fully saturated rings. The number of nitrogens with one attached hydrogen (secondary N) is 1. The topological polar surface area (TPSA) is 96.0 Å². The summed E-state index contributed by atoms with van der Waals surface area (Å²) in [5.41, 5.74) is 3.33. The van der Waals surface area contributed by atoms with Crippen LogP contribution >= 0.6 is 0 Å². The minimum absolute atomic E-state index is 0.00962. The number of anilines is 1. The Morgan fingerprint density at radius 3 is 2.38 bits per heavy atom. The van der Waals surface area contributed by atoms with E-state index in [-0.39, 0.29) is 37.4 Å². The van der Waals surface area contributed by atoms with Gasteiger partial charge in [0.2, 0.25) is 21.8 Å². The highest BCUT2D eigenvalue weighted by Crippen LogP contribution is 2.25. The van der Waals surface area contributed by atoms with E-state index in [1.807, 2.05) is 64.1 Å². The van der Waals surface area contributed by atoms with Crippen LogP contribution in [-0.2, 0) is 26.2 Å². The number of aryl methyl sites for hydroxylation is 1. The molecule has 2 amide bonds. The van der Waals surface area contributed by atoms with E-state index < -0.39 is 16.1 Å².